The number of carbonyl (C=O) groups is 1. The molecule has 68 valence electrons. The van der Waals surface area contributed by atoms with E-state index in [2.05, 4.69) is 6.92 Å². The van der Waals surface area contributed by atoms with Crippen molar-refractivity contribution >= 4 is 5.91 Å². The van der Waals surface area contributed by atoms with Crippen LogP contribution in [0.5, 0.6) is 0 Å². The monoisotopic (exact) mass is 169 g/mol. The van der Waals surface area contributed by atoms with Crippen molar-refractivity contribution in [1.82, 2.24) is 4.90 Å². The smallest absolute Gasteiger partial charge is 0.226 e. The van der Waals surface area contributed by atoms with E-state index in [0.29, 0.717) is 11.9 Å². The molecule has 3 nitrogen and oxygen atoms in total. The molecule has 3 heteroatoms. The highest BCUT2D eigenvalue weighted by Crippen LogP contribution is 2.24. The first-order valence-corrected chi connectivity index (χ1v) is 4.24. The van der Waals surface area contributed by atoms with E-state index < -0.39 is 0 Å². The first-order valence-electron chi connectivity index (χ1n) is 4.24. The molecule has 1 atom stereocenters. The fourth-order valence-corrected chi connectivity index (χ4v) is 1.56. The van der Waals surface area contributed by atoms with Gasteiger partial charge in [-0.25, -0.2) is 0 Å². The Kier molecular flexibility index (Phi) is 2.74. The van der Waals surface area contributed by atoms with E-state index in [0.717, 1.165) is 12.8 Å². The molecule has 1 heterocycles. The highest BCUT2D eigenvalue weighted by Gasteiger charge is 2.28. The van der Waals surface area contributed by atoms with Gasteiger partial charge in [-0.2, -0.15) is 0 Å². The SMILES string of the molecule is CCC1CC=C(OC)N1C(C)=O. The van der Waals surface area contributed by atoms with Crippen LogP contribution < -0.4 is 0 Å². The van der Waals surface area contributed by atoms with Gasteiger partial charge in [0.1, 0.15) is 0 Å². The van der Waals surface area contributed by atoms with E-state index in [4.69, 9.17) is 4.74 Å². The molecule has 0 aliphatic carbocycles. The van der Waals surface area contributed by atoms with Crippen molar-refractivity contribution in [2.45, 2.75) is 32.7 Å². The highest BCUT2D eigenvalue weighted by molar-refractivity contribution is 5.75. The van der Waals surface area contributed by atoms with Crippen LogP contribution in [-0.2, 0) is 9.53 Å². The van der Waals surface area contributed by atoms with Gasteiger partial charge in [-0.1, -0.05) is 6.92 Å². The van der Waals surface area contributed by atoms with Crippen molar-refractivity contribution < 1.29 is 9.53 Å². The summed E-state index contributed by atoms with van der Waals surface area (Å²) in [4.78, 5) is 12.9. The lowest BCUT2D eigenvalue weighted by molar-refractivity contribution is -0.130. The number of hydrogen-bond acceptors (Lipinski definition) is 2. The third kappa shape index (κ3) is 1.44. The lowest BCUT2D eigenvalue weighted by atomic mass is 10.2. The second kappa shape index (κ2) is 3.61. The molecule has 0 radical (unpaired) electrons. The van der Waals surface area contributed by atoms with Gasteiger partial charge in [0.15, 0.2) is 5.88 Å². The molecule has 0 spiro atoms. The first-order chi connectivity index (χ1) is 5.70. The lowest BCUT2D eigenvalue weighted by Crippen LogP contribution is -2.34. The van der Waals surface area contributed by atoms with Gasteiger partial charge in [-0.15, -0.1) is 0 Å². The zero-order valence-electron chi connectivity index (χ0n) is 7.83. The second-order valence-corrected chi connectivity index (χ2v) is 2.93. The summed E-state index contributed by atoms with van der Waals surface area (Å²) >= 11 is 0. The third-order valence-corrected chi connectivity index (χ3v) is 2.19. The van der Waals surface area contributed by atoms with E-state index in [-0.39, 0.29) is 5.91 Å². The Labute approximate surface area is 73.0 Å². The molecule has 1 rings (SSSR count). The summed E-state index contributed by atoms with van der Waals surface area (Å²) in [5, 5.41) is 0. The number of methoxy groups -OCH3 is 1. The van der Waals surface area contributed by atoms with Crippen molar-refractivity contribution in [2.24, 2.45) is 0 Å². The fourth-order valence-electron chi connectivity index (χ4n) is 1.56. The number of amides is 1. The molecule has 0 bridgehead atoms. The van der Waals surface area contributed by atoms with Gasteiger partial charge < -0.3 is 4.74 Å². The van der Waals surface area contributed by atoms with Gasteiger partial charge in [0.2, 0.25) is 5.91 Å². The molecule has 1 amide bonds. The summed E-state index contributed by atoms with van der Waals surface area (Å²) in [6.07, 6.45) is 3.86. The maximum absolute atomic E-state index is 11.2. The Balaban J connectivity index is 2.74. The third-order valence-electron chi connectivity index (χ3n) is 2.19. The molecule has 0 N–H and O–H groups in total. The summed E-state index contributed by atoms with van der Waals surface area (Å²) in [6, 6.07) is 0.303. The van der Waals surface area contributed by atoms with E-state index in [1.807, 2.05) is 6.08 Å². The predicted molar refractivity (Wildman–Crippen MR) is 46.3 cm³/mol. The summed E-state index contributed by atoms with van der Waals surface area (Å²) in [5.74, 6) is 0.766. The van der Waals surface area contributed by atoms with Crippen LogP contribution in [0.25, 0.3) is 0 Å². The Morgan fingerprint density at radius 1 is 1.83 bits per heavy atom. The Morgan fingerprint density at radius 2 is 2.50 bits per heavy atom. The summed E-state index contributed by atoms with van der Waals surface area (Å²) in [6.45, 7) is 3.65. The lowest BCUT2D eigenvalue weighted by Gasteiger charge is -2.24. The van der Waals surface area contributed by atoms with Gasteiger partial charge in [0, 0.05) is 13.0 Å². The quantitative estimate of drug-likeness (QED) is 0.627. The fraction of sp³-hybridized carbons (Fsp3) is 0.667. The van der Waals surface area contributed by atoms with Gasteiger partial charge in [0.05, 0.1) is 7.11 Å². The molecule has 0 aromatic rings. The molecule has 1 unspecified atom stereocenters. The van der Waals surface area contributed by atoms with Crippen LogP contribution in [0.2, 0.25) is 0 Å². The van der Waals surface area contributed by atoms with Crippen molar-refractivity contribution in [3.63, 3.8) is 0 Å². The maximum Gasteiger partial charge on any atom is 0.226 e. The average Bonchev–Trinajstić information content (AvgIpc) is 2.46. The van der Waals surface area contributed by atoms with Crippen molar-refractivity contribution in [3.05, 3.63) is 12.0 Å². The van der Waals surface area contributed by atoms with Crippen molar-refractivity contribution in [3.8, 4) is 0 Å². The van der Waals surface area contributed by atoms with E-state index in [1.54, 1.807) is 18.9 Å². The van der Waals surface area contributed by atoms with Crippen molar-refractivity contribution in [1.29, 1.82) is 0 Å². The topological polar surface area (TPSA) is 29.5 Å². The maximum atomic E-state index is 11.2. The zero-order chi connectivity index (χ0) is 9.14. The number of nitrogens with zero attached hydrogens (tertiary/aromatic N) is 1. The molecule has 0 saturated carbocycles. The van der Waals surface area contributed by atoms with Crippen LogP contribution in [0.15, 0.2) is 12.0 Å². The summed E-state index contributed by atoms with van der Waals surface area (Å²) in [7, 11) is 1.60. The minimum Gasteiger partial charge on any atom is -0.482 e. The van der Waals surface area contributed by atoms with E-state index in [9.17, 15) is 4.79 Å². The molecule has 0 aromatic heterocycles. The molecule has 1 aliphatic rings. The number of rotatable bonds is 2. The molecular formula is C9H15NO2. The standard InChI is InChI=1S/C9H15NO2/c1-4-8-5-6-9(12-3)10(8)7(2)11/h6,8H,4-5H2,1-3H3. The van der Waals surface area contributed by atoms with Crippen LogP contribution in [0, 0.1) is 0 Å². The van der Waals surface area contributed by atoms with Crippen LogP contribution in [0.4, 0.5) is 0 Å². The van der Waals surface area contributed by atoms with Gasteiger partial charge >= 0.3 is 0 Å². The number of ether oxygens (including phenoxy) is 1. The Morgan fingerprint density at radius 3 is 2.92 bits per heavy atom. The van der Waals surface area contributed by atoms with Gasteiger partial charge in [-0.3, -0.25) is 9.69 Å². The summed E-state index contributed by atoms with van der Waals surface area (Å²) < 4.78 is 5.08. The largest absolute Gasteiger partial charge is 0.482 e. The molecule has 0 aromatic carbocycles. The van der Waals surface area contributed by atoms with Crippen LogP contribution in [-0.4, -0.2) is 24.0 Å². The Bertz CT molecular complexity index is 211. The zero-order valence-corrected chi connectivity index (χ0v) is 7.83. The molecular weight excluding hydrogens is 154 g/mol. The van der Waals surface area contributed by atoms with Crippen LogP contribution >= 0.6 is 0 Å². The second-order valence-electron chi connectivity index (χ2n) is 2.93. The molecule has 0 saturated heterocycles. The number of carbonyl (C=O) groups excluding carboxylic acids is 1. The average molecular weight is 169 g/mol. The number of hydrogen-bond donors (Lipinski definition) is 0. The predicted octanol–water partition coefficient (Wildman–Crippen LogP) is 1.50. The van der Waals surface area contributed by atoms with E-state index in [1.165, 1.54) is 0 Å². The molecule has 1 aliphatic heterocycles. The van der Waals surface area contributed by atoms with Crippen molar-refractivity contribution in [2.75, 3.05) is 7.11 Å². The normalized spacial score (nSPS) is 22.4. The molecule has 0 fully saturated rings. The Hall–Kier alpha value is -0.990. The van der Waals surface area contributed by atoms with Gasteiger partial charge in [-0.05, 0) is 18.9 Å². The first kappa shape index (κ1) is 9.10. The summed E-state index contributed by atoms with van der Waals surface area (Å²) in [5.41, 5.74) is 0. The van der Waals surface area contributed by atoms with E-state index >= 15 is 0 Å². The minimum absolute atomic E-state index is 0.0625. The minimum atomic E-state index is 0.0625. The van der Waals surface area contributed by atoms with Crippen LogP contribution in [0.3, 0.4) is 0 Å². The van der Waals surface area contributed by atoms with Gasteiger partial charge in [0.25, 0.3) is 0 Å². The van der Waals surface area contributed by atoms with Crippen LogP contribution in [0.1, 0.15) is 26.7 Å². The highest BCUT2D eigenvalue weighted by atomic mass is 16.5. The molecule has 12 heavy (non-hydrogen) atoms.